The van der Waals surface area contributed by atoms with E-state index in [4.69, 9.17) is 9.47 Å². The maximum atomic E-state index is 11.4. The van der Waals surface area contributed by atoms with Crippen LogP contribution in [0.2, 0.25) is 0 Å². The van der Waals surface area contributed by atoms with Crippen molar-refractivity contribution in [3.8, 4) is 0 Å². The Morgan fingerprint density at radius 1 is 0.339 bits per heavy atom. The van der Waals surface area contributed by atoms with Crippen LogP contribution in [0.1, 0.15) is 218 Å². The number of carbonyl (C=O) groups is 2. The molecule has 4 nitrogen and oxygen atoms in total. The van der Waals surface area contributed by atoms with Crippen LogP contribution < -0.4 is 0 Å². The summed E-state index contributed by atoms with van der Waals surface area (Å²) in [7, 11) is 0. The smallest absolute Gasteiger partial charge is 0.305 e. The lowest BCUT2D eigenvalue weighted by molar-refractivity contribution is -0.144. The third kappa shape index (κ3) is 20.5. The van der Waals surface area contributed by atoms with Gasteiger partial charge in [0.2, 0.25) is 0 Å². The van der Waals surface area contributed by atoms with E-state index in [1.165, 1.54) is 188 Å². The molecule has 0 aliphatic rings. The quantitative estimate of drug-likeness (QED) is 0.0336. The van der Waals surface area contributed by atoms with Gasteiger partial charge >= 0.3 is 11.9 Å². The number of fused-ring (bicyclic) bond motifs is 2. The molecule has 0 heterocycles. The van der Waals surface area contributed by atoms with Crippen molar-refractivity contribution in [2.24, 2.45) is 0 Å². The van der Waals surface area contributed by atoms with Gasteiger partial charge in [0, 0.05) is 12.8 Å². The molecule has 0 amide bonds. The average Bonchev–Trinajstić information content (AvgIpc) is 3.21. The fraction of sp³-hybridized carbons (Fsp3) is 0.692. The Bertz CT molecular complexity index is 1280. The number of benzene rings is 3. The third-order valence-corrected chi connectivity index (χ3v) is 11.9. The first kappa shape index (κ1) is 47.5. The van der Waals surface area contributed by atoms with Crippen LogP contribution in [0.25, 0.3) is 21.5 Å². The molecule has 0 aliphatic carbocycles. The molecule has 0 aromatic heterocycles. The number of hydrogen-bond donors (Lipinski definition) is 0. The van der Waals surface area contributed by atoms with Crippen molar-refractivity contribution in [3.05, 3.63) is 59.7 Å². The standard InChI is InChI=1S/C52H82O4/c1-3-55-51(53)43-31-27-23-19-15-11-7-5-9-13-17-21-25-29-37-45-47-39-33-35-41-49(47)46(50-42-36-34-40-48(45)50)38-30-26-22-18-14-10-6-8-12-16-20-24-28-32-44-52(54)56-4-2/h33-36,39-42H,3-32,37-38,43-44H2,1-2H3. The summed E-state index contributed by atoms with van der Waals surface area (Å²) < 4.78 is 10.0. The summed E-state index contributed by atoms with van der Waals surface area (Å²) in [4.78, 5) is 22.8. The summed E-state index contributed by atoms with van der Waals surface area (Å²) in [5, 5.41) is 5.97. The van der Waals surface area contributed by atoms with Crippen molar-refractivity contribution in [3.63, 3.8) is 0 Å². The number of unbranched alkanes of at least 4 members (excludes halogenated alkanes) is 26. The van der Waals surface area contributed by atoms with E-state index in [1.54, 1.807) is 11.1 Å². The Hall–Kier alpha value is -2.88. The van der Waals surface area contributed by atoms with Gasteiger partial charge < -0.3 is 9.47 Å². The lowest BCUT2D eigenvalue weighted by Crippen LogP contribution is -2.03. The number of esters is 2. The molecule has 3 aromatic rings. The number of hydrogen-bond acceptors (Lipinski definition) is 4. The first-order chi connectivity index (χ1) is 27.7. The van der Waals surface area contributed by atoms with Crippen LogP contribution in [0, 0.1) is 0 Å². The lowest BCUT2D eigenvalue weighted by atomic mass is 9.87. The van der Waals surface area contributed by atoms with Gasteiger partial charge in [0.25, 0.3) is 0 Å². The third-order valence-electron chi connectivity index (χ3n) is 11.9. The summed E-state index contributed by atoms with van der Waals surface area (Å²) >= 11 is 0. The second kappa shape index (κ2) is 32.1. The second-order valence-electron chi connectivity index (χ2n) is 16.6. The molecular weight excluding hydrogens is 689 g/mol. The number of aryl methyl sites for hydroxylation is 2. The maximum Gasteiger partial charge on any atom is 0.305 e. The van der Waals surface area contributed by atoms with Crippen LogP contribution in [0.5, 0.6) is 0 Å². The van der Waals surface area contributed by atoms with Crippen LogP contribution in [-0.4, -0.2) is 25.2 Å². The zero-order chi connectivity index (χ0) is 39.7. The van der Waals surface area contributed by atoms with E-state index in [2.05, 4.69) is 48.5 Å². The van der Waals surface area contributed by atoms with Gasteiger partial charge in [-0.15, -0.1) is 0 Å². The summed E-state index contributed by atoms with van der Waals surface area (Å²) in [6.45, 7) is 4.74. The van der Waals surface area contributed by atoms with Crippen LogP contribution in [0.3, 0.4) is 0 Å². The van der Waals surface area contributed by atoms with E-state index in [0.29, 0.717) is 26.1 Å². The minimum atomic E-state index is -0.0369. The molecule has 0 fully saturated rings. The summed E-state index contributed by atoms with van der Waals surface area (Å²) in [5.41, 5.74) is 3.15. The van der Waals surface area contributed by atoms with E-state index in [0.717, 1.165) is 25.7 Å². The molecule has 0 bridgehead atoms. The fourth-order valence-electron chi connectivity index (χ4n) is 8.70. The molecule has 4 heteroatoms. The highest BCUT2D eigenvalue weighted by Gasteiger charge is 2.13. The van der Waals surface area contributed by atoms with Crippen molar-refractivity contribution in [1.82, 2.24) is 0 Å². The predicted octanol–water partition coefficient (Wildman–Crippen LogP) is 15.9. The molecule has 0 radical (unpaired) electrons. The maximum absolute atomic E-state index is 11.4. The van der Waals surface area contributed by atoms with E-state index >= 15 is 0 Å². The minimum Gasteiger partial charge on any atom is -0.466 e. The van der Waals surface area contributed by atoms with Gasteiger partial charge in [0.15, 0.2) is 0 Å². The van der Waals surface area contributed by atoms with Crippen molar-refractivity contribution in [2.75, 3.05) is 13.2 Å². The highest BCUT2D eigenvalue weighted by molar-refractivity contribution is 6.05. The molecule has 0 aliphatic heterocycles. The molecule has 314 valence electrons. The predicted molar refractivity (Wildman–Crippen MR) is 241 cm³/mol. The summed E-state index contributed by atoms with van der Waals surface area (Å²) in [6, 6.07) is 18.5. The Morgan fingerprint density at radius 2 is 0.554 bits per heavy atom. The largest absolute Gasteiger partial charge is 0.466 e. The van der Waals surface area contributed by atoms with E-state index in [1.807, 2.05) is 13.8 Å². The first-order valence-corrected chi connectivity index (χ1v) is 23.9. The van der Waals surface area contributed by atoms with Crippen LogP contribution in [-0.2, 0) is 31.9 Å². The Kier molecular flexibility index (Phi) is 27.2. The van der Waals surface area contributed by atoms with Crippen molar-refractivity contribution in [2.45, 2.75) is 219 Å². The average molecular weight is 771 g/mol. The topological polar surface area (TPSA) is 52.6 Å². The molecule has 0 N–H and O–H groups in total. The van der Waals surface area contributed by atoms with Gasteiger partial charge in [-0.3, -0.25) is 9.59 Å². The molecule has 0 saturated heterocycles. The van der Waals surface area contributed by atoms with Crippen LogP contribution in [0.4, 0.5) is 0 Å². The van der Waals surface area contributed by atoms with E-state index in [-0.39, 0.29) is 11.9 Å². The number of ether oxygens (including phenoxy) is 2. The molecule has 0 unspecified atom stereocenters. The van der Waals surface area contributed by atoms with Gasteiger partial charge in [-0.1, -0.05) is 203 Å². The Balaban J connectivity index is 1.24. The van der Waals surface area contributed by atoms with Crippen LogP contribution in [0.15, 0.2) is 48.5 Å². The highest BCUT2D eigenvalue weighted by Crippen LogP contribution is 2.35. The van der Waals surface area contributed by atoms with Gasteiger partial charge in [-0.05, 0) is 85.0 Å². The first-order valence-electron chi connectivity index (χ1n) is 23.9. The van der Waals surface area contributed by atoms with Crippen molar-refractivity contribution < 1.29 is 19.1 Å². The van der Waals surface area contributed by atoms with Gasteiger partial charge in [0.05, 0.1) is 13.2 Å². The van der Waals surface area contributed by atoms with Gasteiger partial charge in [0.1, 0.15) is 0 Å². The number of carbonyl (C=O) groups excluding carboxylic acids is 2. The monoisotopic (exact) mass is 771 g/mol. The SMILES string of the molecule is CCOC(=O)CCCCCCCCCCCCCCCCc1c2ccccc2c(CCCCCCCCCCCCCCCCC(=O)OCC)c2ccccc12. The molecule has 56 heavy (non-hydrogen) atoms. The molecule has 0 spiro atoms. The van der Waals surface area contributed by atoms with Crippen molar-refractivity contribution in [1.29, 1.82) is 0 Å². The summed E-state index contributed by atoms with van der Waals surface area (Å²) in [6.07, 6.45) is 40.2. The van der Waals surface area contributed by atoms with Gasteiger partial charge in [-0.25, -0.2) is 0 Å². The molecule has 0 saturated carbocycles. The zero-order valence-corrected chi connectivity index (χ0v) is 36.3. The Labute approximate surface area is 343 Å². The van der Waals surface area contributed by atoms with E-state index < -0.39 is 0 Å². The molecule has 3 rings (SSSR count). The van der Waals surface area contributed by atoms with Gasteiger partial charge in [-0.2, -0.15) is 0 Å². The normalized spacial score (nSPS) is 11.5. The number of rotatable bonds is 36. The fourth-order valence-corrected chi connectivity index (χ4v) is 8.70. The molecule has 0 atom stereocenters. The van der Waals surface area contributed by atoms with E-state index in [9.17, 15) is 9.59 Å². The highest BCUT2D eigenvalue weighted by atomic mass is 16.5. The Morgan fingerprint density at radius 3 is 0.786 bits per heavy atom. The molecule has 3 aromatic carbocycles. The zero-order valence-electron chi connectivity index (χ0n) is 36.3. The minimum absolute atomic E-state index is 0.0369. The lowest BCUT2D eigenvalue weighted by Gasteiger charge is -2.17. The second-order valence-corrected chi connectivity index (χ2v) is 16.6. The summed E-state index contributed by atoms with van der Waals surface area (Å²) in [5.74, 6) is -0.0738. The van der Waals surface area contributed by atoms with Crippen LogP contribution >= 0.6 is 0 Å². The van der Waals surface area contributed by atoms with Crippen molar-refractivity contribution >= 4 is 33.5 Å². The molecular formula is C52H82O4.